The molecule has 13 heteroatoms. The minimum Gasteiger partial charge on any atom is -0.302 e. The molecule has 0 heterocycles. The molecule has 1 atom stereocenters. The summed E-state index contributed by atoms with van der Waals surface area (Å²) < 4.78 is 46.3. The van der Waals surface area contributed by atoms with Crippen LogP contribution in [0.5, 0.6) is 0 Å². The summed E-state index contributed by atoms with van der Waals surface area (Å²) in [6, 6.07) is 0. The van der Waals surface area contributed by atoms with Gasteiger partial charge in [-0.05, 0) is 48.7 Å². The molecule has 25 heavy (non-hydrogen) atoms. The number of nitrogens with one attached hydrogen (secondary N) is 1. The molecule has 0 aliphatic carbocycles. The van der Waals surface area contributed by atoms with Crippen LogP contribution in [0.25, 0.3) is 0 Å². The first kappa shape index (κ1) is 25.9. The van der Waals surface area contributed by atoms with Gasteiger partial charge in [0.15, 0.2) is 0 Å². The van der Waals surface area contributed by atoms with Crippen molar-refractivity contribution in [2.45, 2.75) is 53.4 Å². The Balaban J connectivity index is 6.11. The van der Waals surface area contributed by atoms with E-state index in [1.165, 1.54) is 0 Å². The van der Waals surface area contributed by atoms with Crippen LogP contribution in [0.15, 0.2) is 0 Å². The lowest BCUT2D eigenvalue weighted by Gasteiger charge is -2.75. The van der Waals surface area contributed by atoms with Gasteiger partial charge in [-0.1, -0.05) is 27.7 Å². The summed E-state index contributed by atoms with van der Waals surface area (Å²) in [6.07, 6.45) is 2.46. The van der Waals surface area contributed by atoms with Crippen molar-refractivity contribution in [1.82, 2.24) is 4.94 Å². The summed E-state index contributed by atoms with van der Waals surface area (Å²) in [5.41, 5.74) is 0. The van der Waals surface area contributed by atoms with Gasteiger partial charge < -0.3 is 14.7 Å². The fourth-order valence-corrected chi connectivity index (χ4v) is 18.4. The third-order valence-electron chi connectivity index (χ3n) is 4.10. The maximum atomic E-state index is 14.6. The highest BCUT2D eigenvalue weighted by Gasteiger charge is 2.61. The van der Waals surface area contributed by atoms with E-state index in [4.69, 9.17) is 13.8 Å². The molecule has 0 bridgehead atoms. The number of phosphoric acid groups is 2. The maximum Gasteiger partial charge on any atom is 0.493 e. The van der Waals surface area contributed by atoms with Crippen molar-refractivity contribution in [2.24, 2.45) is 0 Å². The highest BCUT2D eigenvalue weighted by atomic mass is 33.2. The maximum absolute atomic E-state index is 14.6. The van der Waals surface area contributed by atoms with Crippen molar-refractivity contribution in [3.8, 4) is 0 Å². The monoisotopic (exact) mass is 447 g/mol. The third kappa shape index (κ3) is 6.45. The lowest BCUT2D eigenvalue weighted by molar-refractivity contribution is 0.236. The SMILES string of the molecule is CCCS(CCC)(CCC)(CCC)(NF)SOP(=O)(O)OP(=O)(O)O. The predicted molar refractivity (Wildman–Crippen MR) is 104 cm³/mol. The van der Waals surface area contributed by atoms with Crippen LogP contribution in [0.1, 0.15) is 53.4 Å². The van der Waals surface area contributed by atoms with E-state index in [1.54, 1.807) is 0 Å². The van der Waals surface area contributed by atoms with Crippen LogP contribution < -0.4 is 4.94 Å². The second-order valence-corrected chi connectivity index (χ2v) is 20.0. The van der Waals surface area contributed by atoms with Gasteiger partial charge in [0.2, 0.25) is 0 Å². The Morgan fingerprint density at radius 1 is 0.920 bits per heavy atom. The predicted octanol–water partition coefficient (Wildman–Crippen LogP) is 4.68. The molecule has 0 aromatic rings. The normalized spacial score (nSPS) is 18.4. The Morgan fingerprint density at radius 3 is 1.52 bits per heavy atom. The quantitative estimate of drug-likeness (QED) is 0.130. The molecule has 0 aromatic carbocycles. The van der Waals surface area contributed by atoms with Gasteiger partial charge in [0, 0.05) is 0 Å². The highest BCUT2D eigenvalue weighted by Crippen LogP contribution is 2.96. The van der Waals surface area contributed by atoms with Gasteiger partial charge in [-0.2, -0.15) is 11.8 Å². The molecule has 0 saturated heterocycles. The van der Waals surface area contributed by atoms with E-state index in [0.29, 0.717) is 59.8 Å². The molecule has 0 radical (unpaired) electrons. The molecule has 8 nitrogen and oxygen atoms in total. The molecule has 0 amide bonds. The Kier molecular flexibility index (Phi) is 9.20. The number of rotatable bonds is 14. The van der Waals surface area contributed by atoms with Crippen molar-refractivity contribution < 1.29 is 36.6 Å². The minimum absolute atomic E-state index is 0.409. The average molecular weight is 447 g/mol. The van der Waals surface area contributed by atoms with Crippen LogP contribution in [0.2, 0.25) is 0 Å². The summed E-state index contributed by atoms with van der Waals surface area (Å²) >= 11 is 0.560. The zero-order valence-electron chi connectivity index (χ0n) is 15.2. The minimum atomic E-state index is -5.24. The van der Waals surface area contributed by atoms with Gasteiger partial charge in [0.1, 0.15) is 0 Å². The first-order valence-corrected chi connectivity index (χ1v) is 15.6. The van der Waals surface area contributed by atoms with Gasteiger partial charge in [-0.15, -0.1) is 9.43 Å². The van der Waals surface area contributed by atoms with Crippen molar-refractivity contribution in [1.29, 1.82) is 0 Å². The molecule has 1 unspecified atom stereocenters. The van der Waals surface area contributed by atoms with E-state index in [-0.39, 0.29) is 0 Å². The van der Waals surface area contributed by atoms with Gasteiger partial charge in [0.25, 0.3) is 0 Å². The lowest BCUT2D eigenvalue weighted by atomic mass is 10.5. The lowest BCUT2D eigenvalue weighted by Crippen LogP contribution is -2.52. The first-order valence-electron chi connectivity index (χ1n) is 8.22. The highest BCUT2D eigenvalue weighted by molar-refractivity contribution is 9.11. The average Bonchev–Trinajstić information content (AvgIpc) is 2.45. The zero-order chi connectivity index (χ0) is 19.9. The summed E-state index contributed by atoms with van der Waals surface area (Å²) in [4.78, 5) is 29.3. The molecule has 0 spiro atoms. The fourth-order valence-electron chi connectivity index (χ4n) is 3.68. The molecular weight excluding hydrogens is 415 g/mol. The fraction of sp³-hybridized carbons (Fsp3) is 1.00. The third-order valence-corrected chi connectivity index (χ3v) is 18.4. The number of halogens is 1. The largest absolute Gasteiger partial charge is 0.493 e. The Hall–Kier alpha value is 0.850. The van der Waals surface area contributed by atoms with E-state index >= 15 is 0 Å². The van der Waals surface area contributed by atoms with Crippen molar-refractivity contribution >= 4 is 34.2 Å². The van der Waals surface area contributed by atoms with Crippen LogP contribution in [0.4, 0.5) is 4.48 Å². The molecule has 0 aromatic heterocycles. The van der Waals surface area contributed by atoms with Crippen molar-refractivity contribution in [2.75, 3.05) is 23.0 Å². The summed E-state index contributed by atoms with van der Waals surface area (Å²) in [6.45, 7) is 7.57. The second-order valence-electron chi connectivity index (χ2n) is 6.43. The molecule has 0 fully saturated rings. The van der Waals surface area contributed by atoms with E-state index < -0.39 is 23.2 Å². The molecule has 0 rings (SSSR count). The molecule has 0 aliphatic heterocycles. The standard InChI is InChI=1S/C12H32FNO7P2S2/c1-5-9-25(14-13,10-6-2,11-7-3,12-8-4)24-21-23(18,19)20-22(15,16)17/h14H,5-12H2,1-4H3,(H,18,19)(H2,15,16,17). The van der Waals surface area contributed by atoms with E-state index in [1.807, 2.05) is 27.7 Å². The zero-order valence-corrected chi connectivity index (χ0v) is 18.6. The van der Waals surface area contributed by atoms with Crippen LogP contribution in [-0.4, -0.2) is 37.7 Å². The summed E-state index contributed by atoms with van der Waals surface area (Å²) in [5.74, 6) is 1.64. The molecular formula is C12H32FNO7P2S2. The van der Waals surface area contributed by atoms with Crippen LogP contribution in [0.3, 0.4) is 0 Å². The van der Waals surface area contributed by atoms with Crippen LogP contribution in [0, 0.1) is 0 Å². The van der Waals surface area contributed by atoms with Gasteiger partial charge >= 0.3 is 15.6 Å². The van der Waals surface area contributed by atoms with Crippen molar-refractivity contribution in [3.63, 3.8) is 0 Å². The Labute approximate surface area is 152 Å². The number of hydrogen-bond acceptors (Lipinski definition) is 6. The van der Waals surface area contributed by atoms with Crippen molar-refractivity contribution in [3.05, 3.63) is 0 Å². The van der Waals surface area contributed by atoms with Crippen LogP contribution >= 0.6 is 34.2 Å². The van der Waals surface area contributed by atoms with E-state index in [9.17, 15) is 18.5 Å². The summed E-state index contributed by atoms with van der Waals surface area (Å²) in [7, 11) is -14.2. The van der Waals surface area contributed by atoms with Crippen LogP contribution in [-0.2, 0) is 17.4 Å². The molecule has 4 N–H and O–H groups in total. The van der Waals surface area contributed by atoms with Gasteiger partial charge in [0.05, 0.1) is 11.1 Å². The molecule has 156 valence electrons. The van der Waals surface area contributed by atoms with Gasteiger partial charge in [-0.25, -0.2) is 13.1 Å². The smallest absolute Gasteiger partial charge is 0.302 e. The second kappa shape index (κ2) is 8.90. The summed E-state index contributed by atoms with van der Waals surface area (Å²) in [5, 5.41) is 0. The van der Waals surface area contributed by atoms with E-state index in [2.05, 4.69) is 9.25 Å². The molecule has 0 aliphatic rings. The topological polar surface area (TPSA) is 125 Å². The van der Waals surface area contributed by atoms with Gasteiger partial charge in [-0.3, -0.25) is 0 Å². The van der Waals surface area contributed by atoms with E-state index in [0.717, 1.165) is 0 Å². The Morgan fingerprint density at radius 2 is 1.28 bits per heavy atom. The first-order chi connectivity index (χ1) is 11.3. The number of hydrogen-bond donors (Lipinski definition) is 4. The molecule has 0 saturated carbocycles. The Bertz CT molecular complexity index is 506.